The average Bonchev–Trinajstić information content (AvgIpc) is 2.51. The average molecular weight is 373 g/mol. The van der Waals surface area contributed by atoms with Crippen LogP contribution >= 0.6 is 0 Å². The van der Waals surface area contributed by atoms with Gasteiger partial charge in [0.05, 0.1) is 17.9 Å². The van der Waals surface area contributed by atoms with E-state index >= 15 is 0 Å². The van der Waals surface area contributed by atoms with Crippen molar-refractivity contribution in [2.45, 2.75) is 73.0 Å². The molecule has 0 radical (unpaired) electrons. The number of aromatic nitrogens is 1. The van der Waals surface area contributed by atoms with Gasteiger partial charge in [-0.2, -0.15) is 0 Å². The number of piperidine rings is 1. The maximum atomic E-state index is 12.1. The van der Waals surface area contributed by atoms with E-state index in [2.05, 4.69) is 28.6 Å². The van der Waals surface area contributed by atoms with E-state index in [9.17, 15) is 9.90 Å². The van der Waals surface area contributed by atoms with Gasteiger partial charge in [-0.1, -0.05) is 13.8 Å². The predicted molar refractivity (Wildman–Crippen MR) is 106 cm³/mol. The van der Waals surface area contributed by atoms with Crippen LogP contribution in [0.25, 0.3) is 4.85 Å². The first kappa shape index (κ1) is 21.2. The number of anilines is 1. The molecule has 0 spiro atoms. The van der Waals surface area contributed by atoms with Gasteiger partial charge in [-0.25, -0.2) is 9.64 Å². The summed E-state index contributed by atoms with van der Waals surface area (Å²) < 4.78 is 5.91. The maximum absolute atomic E-state index is 12.1. The first-order chi connectivity index (χ1) is 12.4. The van der Waals surface area contributed by atoms with Crippen LogP contribution in [0.3, 0.4) is 0 Å². The number of pyridine rings is 1. The van der Waals surface area contributed by atoms with Gasteiger partial charge in [-0.3, -0.25) is 4.98 Å². The topological polar surface area (TPSA) is 67.0 Å². The van der Waals surface area contributed by atoms with Crippen LogP contribution in [-0.4, -0.2) is 34.8 Å². The molecule has 0 unspecified atom stereocenters. The van der Waals surface area contributed by atoms with Gasteiger partial charge < -0.3 is 14.7 Å². The summed E-state index contributed by atoms with van der Waals surface area (Å²) in [6.07, 6.45) is 0.813. The summed E-state index contributed by atoms with van der Waals surface area (Å²) in [4.78, 5) is 22.5. The van der Waals surface area contributed by atoms with E-state index in [0.717, 1.165) is 25.9 Å². The third-order valence-corrected chi connectivity index (χ3v) is 5.05. The number of nitrogens with zero attached hydrogens (tertiary/aromatic N) is 3. The van der Waals surface area contributed by atoms with Crippen molar-refractivity contribution in [2.75, 3.05) is 18.0 Å². The van der Waals surface area contributed by atoms with Crippen LogP contribution in [-0.2, 0) is 9.53 Å². The van der Waals surface area contributed by atoms with Crippen LogP contribution in [0.5, 0.6) is 0 Å². The summed E-state index contributed by atoms with van der Waals surface area (Å²) >= 11 is 0. The summed E-state index contributed by atoms with van der Waals surface area (Å²) in [5.41, 5.74) is 2.47. The monoisotopic (exact) mass is 373 g/mol. The van der Waals surface area contributed by atoms with Gasteiger partial charge in [-0.15, -0.1) is 0 Å². The molecule has 1 fully saturated rings. The van der Waals surface area contributed by atoms with E-state index in [1.165, 1.54) is 0 Å². The van der Waals surface area contributed by atoms with Crippen molar-refractivity contribution in [1.82, 2.24) is 4.98 Å². The molecule has 0 amide bonds. The Morgan fingerprint density at radius 1 is 1.26 bits per heavy atom. The van der Waals surface area contributed by atoms with Crippen LogP contribution in [0.4, 0.5) is 11.4 Å². The highest BCUT2D eigenvalue weighted by Crippen LogP contribution is 2.44. The van der Waals surface area contributed by atoms with Gasteiger partial charge in [0, 0.05) is 30.0 Å². The van der Waals surface area contributed by atoms with Crippen molar-refractivity contribution in [3.8, 4) is 0 Å². The van der Waals surface area contributed by atoms with Gasteiger partial charge in [0.1, 0.15) is 0 Å². The third-order valence-electron chi connectivity index (χ3n) is 5.05. The largest absolute Gasteiger partial charge is 0.479 e. The third kappa shape index (κ3) is 4.78. The van der Waals surface area contributed by atoms with Crippen molar-refractivity contribution in [3.05, 3.63) is 28.4 Å². The van der Waals surface area contributed by atoms with E-state index < -0.39 is 17.7 Å². The molecule has 27 heavy (non-hydrogen) atoms. The second-order valence-electron chi connectivity index (χ2n) is 9.11. The van der Waals surface area contributed by atoms with Gasteiger partial charge in [0.2, 0.25) is 5.69 Å². The lowest BCUT2D eigenvalue weighted by molar-refractivity contribution is -0.160. The molecular formula is C21H31N3O3. The Morgan fingerprint density at radius 3 is 2.26 bits per heavy atom. The first-order valence-electron chi connectivity index (χ1n) is 9.40. The molecule has 0 bridgehead atoms. The molecule has 1 aromatic rings. The van der Waals surface area contributed by atoms with E-state index in [0.29, 0.717) is 28.3 Å². The van der Waals surface area contributed by atoms with Gasteiger partial charge in [-0.05, 0) is 52.9 Å². The van der Waals surface area contributed by atoms with Crippen LogP contribution in [0.2, 0.25) is 0 Å². The second kappa shape index (κ2) is 7.47. The highest BCUT2D eigenvalue weighted by Gasteiger charge is 2.36. The lowest BCUT2D eigenvalue weighted by Gasteiger charge is -2.40. The molecule has 1 N–H and O–H groups in total. The number of aliphatic carboxylic acids is 1. The minimum Gasteiger partial charge on any atom is -0.479 e. The zero-order valence-corrected chi connectivity index (χ0v) is 17.5. The number of aryl methyl sites for hydroxylation is 2. The lowest BCUT2D eigenvalue weighted by atomic mass is 9.82. The number of hydrogen-bond acceptors (Lipinski definition) is 4. The van der Waals surface area contributed by atoms with Crippen molar-refractivity contribution in [2.24, 2.45) is 5.41 Å². The Kier molecular flexibility index (Phi) is 5.86. The Hall–Kier alpha value is -2.13. The molecule has 148 valence electrons. The number of hydrogen-bond donors (Lipinski definition) is 1. The number of carboxylic acids is 1. The molecule has 0 saturated carbocycles. The second-order valence-corrected chi connectivity index (χ2v) is 9.11. The Labute approximate surface area is 162 Å². The zero-order chi connectivity index (χ0) is 20.6. The number of ether oxygens (including phenoxy) is 1. The smallest absolute Gasteiger partial charge is 0.337 e. The fourth-order valence-corrected chi connectivity index (χ4v) is 3.52. The molecule has 6 heteroatoms. The predicted octanol–water partition coefficient (Wildman–Crippen LogP) is 4.82. The fourth-order valence-electron chi connectivity index (χ4n) is 3.52. The molecule has 1 atom stereocenters. The molecule has 2 heterocycles. The Balaban J connectivity index is 2.66. The van der Waals surface area contributed by atoms with E-state index in [1.54, 1.807) is 6.92 Å². The molecule has 0 aliphatic carbocycles. The zero-order valence-electron chi connectivity index (χ0n) is 17.5. The van der Waals surface area contributed by atoms with Gasteiger partial charge in [0.25, 0.3) is 0 Å². The molecule has 1 aromatic heterocycles. The summed E-state index contributed by atoms with van der Waals surface area (Å²) in [7, 11) is 0. The number of carbonyl (C=O) groups is 1. The summed E-state index contributed by atoms with van der Waals surface area (Å²) in [6.45, 7) is 22.8. The van der Waals surface area contributed by atoms with Gasteiger partial charge in [0.15, 0.2) is 6.10 Å². The van der Waals surface area contributed by atoms with Crippen LogP contribution in [0, 0.1) is 25.8 Å². The van der Waals surface area contributed by atoms with Crippen LogP contribution in [0.15, 0.2) is 0 Å². The van der Waals surface area contributed by atoms with Gasteiger partial charge >= 0.3 is 5.97 Å². The molecule has 1 aliphatic rings. The molecule has 1 saturated heterocycles. The Morgan fingerprint density at radius 2 is 1.81 bits per heavy atom. The number of rotatable bonds is 4. The maximum Gasteiger partial charge on any atom is 0.337 e. The highest BCUT2D eigenvalue weighted by molar-refractivity contribution is 5.84. The first-order valence-corrected chi connectivity index (χ1v) is 9.40. The fraction of sp³-hybridized carbons (Fsp3) is 0.667. The quantitative estimate of drug-likeness (QED) is 0.767. The van der Waals surface area contributed by atoms with E-state index in [4.69, 9.17) is 11.3 Å². The Bertz CT molecular complexity index is 762. The van der Waals surface area contributed by atoms with Crippen LogP contribution < -0.4 is 4.90 Å². The highest BCUT2D eigenvalue weighted by atomic mass is 16.5. The molecule has 6 nitrogen and oxygen atoms in total. The van der Waals surface area contributed by atoms with Crippen molar-refractivity contribution >= 4 is 17.3 Å². The minimum atomic E-state index is -1.16. The number of carboxylic acid groups (broad SMARTS) is 1. The van der Waals surface area contributed by atoms with E-state index in [-0.39, 0.29) is 5.41 Å². The normalized spacial score (nSPS) is 18.1. The molecule has 0 aromatic carbocycles. The van der Waals surface area contributed by atoms with Crippen LogP contribution in [0.1, 0.15) is 70.5 Å². The summed E-state index contributed by atoms with van der Waals surface area (Å²) in [6, 6.07) is 0. The summed E-state index contributed by atoms with van der Waals surface area (Å²) in [5.74, 6) is -1.06. The molecule has 1 aliphatic heterocycles. The summed E-state index contributed by atoms with van der Waals surface area (Å²) in [5, 5.41) is 9.90. The lowest BCUT2D eigenvalue weighted by Crippen LogP contribution is -2.39. The van der Waals surface area contributed by atoms with Crippen molar-refractivity contribution in [3.63, 3.8) is 0 Å². The SMILES string of the molecule is [C-]#[N+]c1c(C)nc(C)c([C@H](OC(C)(C)C)C(=O)O)c1N1CCC(C)(C)CC1. The molecule has 2 rings (SSSR count). The standard InChI is InChI=1S/C21H31N3O3/c1-13-15(18(19(25)26)27-20(3,4)5)17(16(22-8)14(2)23-13)24-11-9-21(6,7)10-12-24/h18H,9-12H2,1-7H3,(H,25,26)/t18-/m0/s1. The van der Waals surface area contributed by atoms with Crippen molar-refractivity contribution in [1.29, 1.82) is 0 Å². The minimum absolute atomic E-state index is 0.250. The van der Waals surface area contributed by atoms with Crippen molar-refractivity contribution < 1.29 is 14.6 Å². The molecular weight excluding hydrogens is 342 g/mol. The van der Waals surface area contributed by atoms with E-state index in [1.807, 2.05) is 27.7 Å².